The van der Waals surface area contributed by atoms with Gasteiger partial charge in [0.05, 0.1) is 0 Å². The number of rotatable bonds is 6. The molecule has 2 aromatic heterocycles. The van der Waals surface area contributed by atoms with Gasteiger partial charge in [-0.25, -0.2) is 9.37 Å². The van der Waals surface area contributed by atoms with Crippen LogP contribution in [-0.4, -0.2) is 43.7 Å². The van der Waals surface area contributed by atoms with Crippen molar-refractivity contribution in [3.63, 3.8) is 0 Å². The zero-order valence-corrected chi connectivity index (χ0v) is 18.8. The van der Waals surface area contributed by atoms with Crippen molar-refractivity contribution >= 4 is 47.1 Å². The topological polar surface area (TPSA) is 52.6 Å². The molecule has 1 saturated heterocycles. The fraction of sp³-hybridized carbons (Fsp3) is 0.474. The quantitative estimate of drug-likeness (QED) is 0.360. The molecule has 0 spiro atoms. The summed E-state index contributed by atoms with van der Waals surface area (Å²) in [6, 6.07) is 7.58. The van der Waals surface area contributed by atoms with E-state index in [1.807, 2.05) is 4.90 Å². The molecule has 0 aliphatic carbocycles. The number of hydrogen-bond acceptors (Lipinski definition) is 4. The van der Waals surface area contributed by atoms with Crippen molar-refractivity contribution in [3.05, 3.63) is 46.5 Å². The van der Waals surface area contributed by atoms with Crippen molar-refractivity contribution in [2.75, 3.05) is 31.6 Å². The fourth-order valence-corrected chi connectivity index (χ4v) is 4.05. The lowest BCUT2D eigenvalue weighted by Gasteiger charge is -2.21. The van der Waals surface area contributed by atoms with E-state index in [0.717, 1.165) is 38.4 Å². The Bertz CT molecular complexity index is 725. The van der Waals surface area contributed by atoms with Gasteiger partial charge in [0, 0.05) is 43.8 Å². The van der Waals surface area contributed by atoms with Gasteiger partial charge in [-0.3, -0.25) is 4.99 Å². The molecule has 0 amide bonds. The van der Waals surface area contributed by atoms with Gasteiger partial charge in [0.25, 0.3) is 0 Å². The molecule has 27 heavy (non-hydrogen) atoms. The highest BCUT2D eigenvalue weighted by atomic mass is 127. The minimum absolute atomic E-state index is 0. The molecule has 3 heterocycles. The van der Waals surface area contributed by atoms with Crippen LogP contribution in [0.15, 0.2) is 40.8 Å². The predicted octanol–water partition coefficient (Wildman–Crippen LogP) is 3.52. The summed E-state index contributed by atoms with van der Waals surface area (Å²) in [7, 11) is 1.78. The molecule has 3 rings (SSSR count). The largest absolute Gasteiger partial charge is 0.356 e. The second-order valence-corrected chi connectivity index (χ2v) is 7.76. The second-order valence-electron chi connectivity index (χ2n) is 6.73. The van der Waals surface area contributed by atoms with Crippen molar-refractivity contribution in [1.82, 2.24) is 15.6 Å². The maximum atomic E-state index is 13.9. The molecule has 8 heteroatoms. The molecule has 0 aromatic carbocycles. The molecule has 0 bridgehead atoms. The van der Waals surface area contributed by atoms with E-state index >= 15 is 0 Å². The molecule has 0 radical (unpaired) electrons. The summed E-state index contributed by atoms with van der Waals surface area (Å²) in [5, 5.41) is 8.98. The lowest BCUT2D eigenvalue weighted by Crippen LogP contribution is -2.45. The zero-order valence-electron chi connectivity index (χ0n) is 15.7. The third-order valence-electron chi connectivity index (χ3n) is 4.54. The van der Waals surface area contributed by atoms with Crippen molar-refractivity contribution in [1.29, 1.82) is 0 Å². The van der Waals surface area contributed by atoms with Crippen LogP contribution in [0.25, 0.3) is 0 Å². The summed E-state index contributed by atoms with van der Waals surface area (Å²) in [4.78, 5) is 11.9. The minimum atomic E-state index is -0.266. The van der Waals surface area contributed by atoms with Crippen LogP contribution in [0.5, 0.6) is 0 Å². The number of halogens is 2. The van der Waals surface area contributed by atoms with Crippen LogP contribution < -0.4 is 15.5 Å². The molecular formula is C19H27FIN5S. The third-order valence-corrected chi connectivity index (χ3v) is 5.44. The van der Waals surface area contributed by atoms with Crippen LogP contribution in [0.2, 0.25) is 0 Å². The molecule has 2 aromatic rings. The molecule has 1 fully saturated rings. The van der Waals surface area contributed by atoms with Crippen LogP contribution in [0.1, 0.15) is 18.2 Å². The van der Waals surface area contributed by atoms with Gasteiger partial charge < -0.3 is 15.5 Å². The van der Waals surface area contributed by atoms with Crippen molar-refractivity contribution < 1.29 is 4.39 Å². The number of anilines is 1. The average Bonchev–Trinajstić information content (AvgIpc) is 3.31. The van der Waals surface area contributed by atoms with Gasteiger partial charge in [0.1, 0.15) is 0 Å². The lowest BCUT2D eigenvalue weighted by molar-refractivity contribution is 0.554. The molecule has 0 saturated carbocycles. The number of nitrogens with one attached hydrogen (secondary N) is 2. The van der Waals surface area contributed by atoms with E-state index in [2.05, 4.69) is 45.0 Å². The smallest absolute Gasteiger partial charge is 0.191 e. The SMILES string of the molecule is CN=C(NCC(C)Cc1cccs1)NC1CCN(c2ncccc2F)C1.I. The molecular weight excluding hydrogens is 476 g/mol. The van der Waals surface area contributed by atoms with E-state index in [4.69, 9.17) is 0 Å². The summed E-state index contributed by atoms with van der Waals surface area (Å²) >= 11 is 1.80. The summed E-state index contributed by atoms with van der Waals surface area (Å²) < 4.78 is 13.9. The molecule has 148 valence electrons. The van der Waals surface area contributed by atoms with Crippen LogP contribution in [0.3, 0.4) is 0 Å². The van der Waals surface area contributed by atoms with Crippen molar-refractivity contribution in [2.45, 2.75) is 25.8 Å². The van der Waals surface area contributed by atoms with Gasteiger partial charge in [-0.1, -0.05) is 13.0 Å². The van der Waals surface area contributed by atoms with Crippen LogP contribution in [0, 0.1) is 11.7 Å². The van der Waals surface area contributed by atoms with Crippen molar-refractivity contribution in [3.8, 4) is 0 Å². The van der Waals surface area contributed by atoms with Crippen molar-refractivity contribution in [2.24, 2.45) is 10.9 Å². The number of nitrogens with zero attached hydrogens (tertiary/aromatic N) is 3. The maximum Gasteiger partial charge on any atom is 0.191 e. The number of aromatic nitrogens is 1. The van der Waals surface area contributed by atoms with Gasteiger partial charge in [0.15, 0.2) is 17.6 Å². The normalized spacial score (nSPS) is 18.1. The van der Waals surface area contributed by atoms with E-state index in [0.29, 0.717) is 11.7 Å². The number of hydrogen-bond donors (Lipinski definition) is 2. The van der Waals surface area contributed by atoms with Crippen LogP contribution in [0.4, 0.5) is 10.2 Å². The summed E-state index contributed by atoms with van der Waals surface area (Å²) in [6.45, 7) is 4.61. The predicted molar refractivity (Wildman–Crippen MR) is 122 cm³/mol. The molecule has 2 unspecified atom stereocenters. The Morgan fingerprint density at radius 1 is 1.44 bits per heavy atom. The van der Waals surface area contributed by atoms with E-state index in [1.54, 1.807) is 30.6 Å². The standard InChI is InChI=1S/C19H26FN5S.HI/c1-14(11-16-5-4-10-26-16)12-23-19(21-2)24-15-7-9-25(13-15)18-17(20)6-3-8-22-18;/h3-6,8,10,14-15H,7,9,11-13H2,1-2H3,(H2,21,23,24);1H. The highest BCUT2D eigenvalue weighted by Crippen LogP contribution is 2.20. The van der Waals surface area contributed by atoms with Gasteiger partial charge in [0.2, 0.25) is 0 Å². The minimum Gasteiger partial charge on any atom is -0.356 e. The number of pyridine rings is 1. The number of thiophene rings is 1. The number of guanidine groups is 1. The highest BCUT2D eigenvalue weighted by molar-refractivity contribution is 14.0. The third kappa shape index (κ3) is 6.31. The molecule has 1 aliphatic rings. The molecule has 2 atom stereocenters. The van der Waals surface area contributed by atoms with Gasteiger partial charge in [-0.2, -0.15) is 0 Å². The maximum absolute atomic E-state index is 13.9. The average molecular weight is 503 g/mol. The first kappa shape index (κ1) is 21.9. The first-order valence-electron chi connectivity index (χ1n) is 9.00. The Kier molecular flexibility index (Phi) is 8.75. The molecule has 5 nitrogen and oxygen atoms in total. The molecule has 2 N–H and O–H groups in total. The van der Waals surface area contributed by atoms with Gasteiger partial charge >= 0.3 is 0 Å². The lowest BCUT2D eigenvalue weighted by atomic mass is 10.1. The summed E-state index contributed by atoms with van der Waals surface area (Å²) in [5.74, 6) is 1.49. The Morgan fingerprint density at radius 3 is 3.00 bits per heavy atom. The Balaban J connectivity index is 0.00000261. The summed E-state index contributed by atoms with van der Waals surface area (Å²) in [6.07, 6.45) is 3.63. The molecule has 1 aliphatic heterocycles. The second kappa shape index (κ2) is 10.8. The first-order valence-corrected chi connectivity index (χ1v) is 9.88. The van der Waals surface area contributed by atoms with Crippen LogP contribution in [-0.2, 0) is 6.42 Å². The van der Waals surface area contributed by atoms with E-state index in [-0.39, 0.29) is 35.8 Å². The first-order chi connectivity index (χ1) is 12.7. The van der Waals surface area contributed by atoms with E-state index < -0.39 is 0 Å². The van der Waals surface area contributed by atoms with Gasteiger partial charge in [-0.05, 0) is 42.3 Å². The number of aliphatic imine (C=N–C) groups is 1. The highest BCUT2D eigenvalue weighted by Gasteiger charge is 2.25. The van der Waals surface area contributed by atoms with Gasteiger partial charge in [-0.15, -0.1) is 35.3 Å². The van der Waals surface area contributed by atoms with Crippen LogP contribution >= 0.6 is 35.3 Å². The Labute approximate surface area is 181 Å². The Hall–Kier alpha value is -1.42. The Morgan fingerprint density at radius 2 is 2.30 bits per heavy atom. The summed E-state index contributed by atoms with van der Waals surface area (Å²) in [5.41, 5.74) is 0. The monoisotopic (exact) mass is 503 g/mol. The van der Waals surface area contributed by atoms with E-state index in [9.17, 15) is 4.39 Å². The van der Waals surface area contributed by atoms with E-state index in [1.165, 1.54) is 10.9 Å². The fourth-order valence-electron chi connectivity index (χ4n) is 3.18. The zero-order chi connectivity index (χ0) is 18.4.